The number of hydrazine groups is 1. The third-order valence-corrected chi connectivity index (χ3v) is 2.82. The van der Waals surface area contributed by atoms with Gasteiger partial charge in [0.05, 0.1) is 16.8 Å². The Kier molecular flexibility index (Phi) is 5.16. The summed E-state index contributed by atoms with van der Waals surface area (Å²) >= 11 is 5.84. The Labute approximate surface area is 130 Å². The second kappa shape index (κ2) is 7.28. The van der Waals surface area contributed by atoms with Crippen molar-refractivity contribution in [1.29, 1.82) is 0 Å². The van der Waals surface area contributed by atoms with Crippen molar-refractivity contribution >= 4 is 29.4 Å². The monoisotopic (exact) mass is 322 g/mol. The van der Waals surface area contributed by atoms with E-state index in [0.717, 1.165) is 0 Å². The molecule has 0 aliphatic rings. The summed E-state index contributed by atoms with van der Waals surface area (Å²) < 4.78 is 9.49. The van der Waals surface area contributed by atoms with Crippen LogP contribution in [0.2, 0.25) is 5.02 Å². The highest BCUT2D eigenvalue weighted by molar-refractivity contribution is 6.33. The molecule has 0 spiro atoms. The van der Waals surface area contributed by atoms with Gasteiger partial charge in [-0.15, -0.1) is 0 Å². The van der Waals surface area contributed by atoms with Crippen molar-refractivity contribution in [3.63, 3.8) is 0 Å². The maximum atomic E-state index is 11.8. The number of esters is 1. The SMILES string of the molecule is O=C(COC(=O)c1ccco1)NNC(=O)c1ccccc1Cl. The van der Waals surface area contributed by atoms with Gasteiger partial charge in [-0.05, 0) is 24.3 Å². The maximum Gasteiger partial charge on any atom is 0.374 e. The van der Waals surface area contributed by atoms with Gasteiger partial charge in [-0.1, -0.05) is 23.7 Å². The van der Waals surface area contributed by atoms with Gasteiger partial charge in [0.2, 0.25) is 5.76 Å². The zero-order valence-electron chi connectivity index (χ0n) is 11.2. The standard InChI is InChI=1S/C14H11ClN2O5/c15-10-5-2-1-4-9(10)13(19)17-16-12(18)8-22-14(20)11-6-3-7-21-11/h1-7H,8H2,(H,16,18)(H,17,19). The number of carbonyl (C=O) groups is 3. The molecule has 0 fully saturated rings. The summed E-state index contributed by atoms with van der Waals surface area (Å²) in [5.74, 6) is -2.10. The Hall–Kier alpha value is -2.80. The largest absolute Gasteiger partial charge is 0.457 e. The molecule has 7 nitrogen and oxygen atoms in total. The summed E-state index contributed by atoms with van der Waals surface area (Å²) in [5, 5.41) is 0.249. The molecule has 1 heterocycles. The molecular weight excluding hydrogens is 312 g/mol. The van der Waals surface area contributed by atoms with Crippen LogP contribution in [0.3, 0.4) is 0 Å². The molecule has 2 amide bonds. The van der Waals surface area contributed by atoms with E-state index in [2.05, 4.69) is 15.6 Å². The lowest BCUT2D eigenvalue weighted by atomic mass is 10.2. The quantitative estimate of drug-likeness (QED) is 0.657. The zero-order valence-corrected chi connectivity index (χ0v) is 11.9. The first-order valence-corrected chi connectivity index (χ1v) is 6.50. The van der Waals surface area contributed by atoms with Crippen LogP contribution in [0.1, 0.15) is 20.9 Å². The van der Waals surface area contributed by atoms with E-state index >= 15 is 0 Å². The second-order valence-electron chi connectivity index (χ2n) is 4.04. The number of hydrogen-bond acceptors (Lipinski definition) is 5. The lowest BCUT2D eigenvalue weighted by Crippen LogP contribution is -2.43. The molecule has 2 N–H and O–H groups in total. The van der Waals surface area contributed by atoms with Gasteiger partial charge >= 0.3 is 5.97 Å². The van der Waals surface area contributed by atoms with Gasteiger partial charge in [-0.25, -0.2) is 4.79 Å². The van der Waals surface area contributed by atoms with Crippen molar-refractivity contribution in [3.05, 3.63) is 59.0 Å². The van der Waals surface area contributed by atoms with Crippen molar-refractivity contribution in [3.8, 4) is 0 Å². The van der Waals surface area contributed by atoms with E-state index in [0.29, 0.717) is 0 Å². The first-order valence-electron chi connectivity index (χ1n) is 6.12. The Balaban J connectivity index is 1.77. The van der Waals surface area contributed by atoms with E-state index < -0.39 is 24.4 Å². The first kappa shape index (κ1) is 15.6. The van der Waals surface area contributed by atoms with Gasteiger partial charge in [0, 0.05) is 0 Å². The van der Waals surface area contributed by atoms with Crippen LogP contribution in [0, 0.1) is 0 Å². The average Bonchev–Trinajstić information content (AvgIpc) is 3.05. The predicted molar refractivity (Wildman–Crippen MR) is 76.1 cm³/mol. The third kappa shape index (κ3) is 4.10. The normalized spacial score (nSPS) is 9.86. The fourth-order valence-electron chi connectivity index (χ4n) is 1.47. The molecule has 2 aromatic rings. The van der Waals surface area contributed by atoms with E-state index in [4.69, 9.17) is 16.0 Å². The maximum absolute atomic E-state index is 11.8. The molecule has 0 radical (unpaired) electrons. The third-order valence-electron chi connectivity index (χ3n) is 2.49. The Morgan fingerprint density at radius 3 is 2.55 bits per heavy atom. The molecule has 0 aliphatic carbocycles. The van der Waals surface area contributed by atoms with Crippen molar-refractivity contribution in [2.45, 2.75) is 0 Å². The van der Waals surface area contributed by atoms with Gasteiger partial charge in [0.1, 0.15) is 0 Å². The number of furan rings is 1. The number of carbonyl (C=O) groups excluding carboxylic acids is 3. The second-order valence-corrected chi connectivity index (χ2v) is 4.44. The van der Waals surface area contributed by atoms with Crippen molar-refractivity contribution in [2.24, 2.45) is 0 Å². The molecule has 0 saturated heterocycles. The van der Waals surface area contributed by atoms with Gasteiger partial charge in [-0.3, -0.25) is 20.4 Å². The van der Waals surface area contributed by atoms with Crippen molar-refractivity contribution in [1.82, 2.24) is 10.9 Å². The van der Waals surface area contributed by atoms with Crippen molar-refractivity contribution in [2.75, 3.05) is 6.61 Å². The molecule has 8 heteroatoms. The highest BCUT2D eigenvalue weighted by Gasteiger charge is 2.14. The van der Waals surface area contributed by atoms with Crippen LogP contribution in [0.25, 0.3) is 0 Å². The van der Waals surface area contributed by atoms with Gasteiger partial charge in [0.25, 0.3) is 11.8 Å². The molecule has 1 aromatic carbocycles. The smallest absolute Gasteiger partial charge is 0.374 e. The van der Waals surface area contributed by atoms with E-state index in [1.807, 2.05) is 0 Å². The molecule has 0 atom stereocenters. The van der Waals surface area contributed by atoms with Crippen LogP contribution in [-0.2, 0) is 9.53 Å². The molecule has 0 aliphatic heterocycles. The molecule has 2 rings (SSSR count). The number of halogens is 1. The zero-order chi connectivity index (χ0) is 15.9. The molecule has 0 unspecified atom stereocenters. The summed E-state index contributed by atoms with van der Waals surface area (Å²) in [4.78, 5) is 34.6. The van der Waals surface area contributed by atoms with Crippen LogP contribution in [0.15, 0.2) is 47.1 Å². The predicted octanol–water partition coefficient (Wildman–Crippen LogP) is 1.55. The van der Waals surface area contributed by atoms with E-state index in [1.165, 1.54) is 24.5 Å². The lowest BCUT2D eigenvalue weighted by molar-refractivity contribution is -0.125. The lowest BCUT2D eigenvalue weighted by Gasteiger charge is -2.08. The molecule has 1 aromatic heterocycles. The van der Waals surface area contributed by atoms with Crippen LogP contribution < -0.4 is 10.9 Å². The minimum absolute atomic E-state index is 0.0205. The summed E-state index contributed by atoms with van der Waals surface area (Å²) in [7, 11) is 0. The molecule has 0 bridgehead atoms. The Morgan fingerprint density at radius 2 is 1.86 bits per heavy atom. The number of benzene rings is 1. The highest BCUT2D eigenvalue weighted by Crippen LogP contribution is 2.14. The van der Waals surface area contributed by atoms with Gasteiger partial charge in [0.15, 0.2) is 6.61 Å². The topological polar surface area (TPSA) is 97.6 Å². The Morgan fingerprint density at radius 1 is 1.09 bits per heavy atom. The first-order chi connectivity index (χ1) is 10.6. The van der Waals surface area contributed by atoms with E-state index in [1.54, 1.807) is 18.2 Å². The van der Waals surface area contributed by atoms with Gasteiger partial charge in [-0.2, -0.15) is 0 Å². The fraction of sp³-hybridized carbons (Fsp3) is 0.0714. The van der Waals surface area contributed by atoms with E-state index in [-0.39, 0.29) is 16.3 Å². The van der Waals surface area contributed by atoms with E-state index in [9.17, 15) is 14.4 Å². The van der Waals surface area contributed by atoms with Crippen LogP contribution in [-0.4, -0.2) is 24.4 Å². The number of nitrogens with one attached hydrogen (secondary N) is 2. The summed E-state index contributed by atoms with van der Waals surface area (Å²) in [6.07, 6.45) is 1.31. The summed E-state index contributed by atoms with van der Waals surface area (Å²) in [5.41, 5.74) is 4.47. The summed E-state index contributed by atoms with van der Waals surface area (Å²) in [6.45, 7) is -0.567. The average molecular weight is 323 g/mol. The fourth-order valence-corrected chi connectivity index (χ4v) is 1.69. The minimum Gasteiger partial charge on any atom is -0.457 e. The molecular formula is C14H11ClN2O5. The van der Waals surface area contributed by atoms with Crippen LogP contribution >= 0.6 is 11.6 Å². The Bertz CT molecular complexity index is 684. The van der Waals surface area contributed by atoms with Crippen LogP contribution in [0.4, 0.5) is 0 Å². The number of amides is 2. The summed E-state index contributed by atoms with van der Waals surface area (Å²) in [6, 6.07) is 9.27. The van der Waals surface area contributed by atoms with Gasteiger partial charge < -0.3 is 9.15 Å². The molecule has 22 heavy (non-hydrogen) atoms. The van der Waals surface area contributed by atoms with Crippen LogP contribution in [0.5, 0.6) is 0 Å². The number of hydrogen-bond donors (Lipinski definition) is 2. The minimum atomic E-state index is -0.780. The number of ether oxygens (including phenoxy) is 1. The highest BCUT2D eigenvalue weighted by atomic mass is 35.5. The molecule has 114 valence electrons. The van der Waals surface area contributed by atoms with Crippen molar-refractivity contribution < 1.29 is 23.5 Å². The number of rotatable bonds is 4. The molecule has 0 saturated carbocycles.